The summed E-state index contributed by atoms with van der Waals surface area (Å²) < 4.78 is 31.9. The molecule has 1 heterocycles. The van der Waals surface area contributed by atoms with Crippen molar-refractivity contribution in [2.24, 2.45) is 0 Å². The smallest absolute Gasteiger partial charge is 0.246 e. The first kappa shape index (κ1) is 16.2. The predicted molar refractivity (Wildman–Crippen MR) is 73.4 cm³/mol. The Balaban J connectivity index is 3.28. The fourth-order valence-electron chi connectivity index (χ4n) is 2.21. The third-order valence-corrected chi connectivity index (χ3v) is 5.62. The van der Waals surface area contributed by atoms with Crippen molar-refractivity contribution >= 4 is 10.0 Å². The van der Waals surface area contributed by atoms with Gasteiger partial charge in [0.1, 0.15) is 16.4 Å². The van der Waals surface area contributed by atoms with Gasteiger partial charge in [-0.2, -0.15) is 4.31 Å². The van der Waals surface area contributed by atoms with Gasteiger partial charge in [0, 0.05) is 18.7 Å². The van der Waals surface area contributed by atoms with Crippen LogP contribution in [0.1, 0.15) is 43.8 Å². The van der Waals surface area contributed by atoms with Gasteiger partial charge in [0.2, 0.25) is 10.0 Å². The average Bonchev–Trinajstić information content (AvgIpc) is 2.63. The van der Waals surface area contributed by atoms with E-state index in [0.29, 0.717) is 17.1 Å². The van der Waals surface area contributed by atoms with E-state index in [4.69, 9.17) is 4.42 Å². The lowest BCUT2D eigenvalue weighted by Gasteiger charge is -2.24. The number of aliphatic hydroxyl groups excluding tert-OH is 1. The lowest BCUT2D eigenvalue weighted by molar-refractivity contribution is 0.276. The molecule has 0 aliphatic heterocycles. The summed E-state index contributed by atoms with van der Waals surface area (Å²) >= 11 is 0. The first-order chi connectivity index (χ1) is 8.77. The standard InChI is InChI=1S/C13H23NO4S/c1-6-7-9(2)14(5)19(16,17)13-11(4)18-10(3)12(13)8-15/h9,15H,6-8H2,1-5H3. The fraction of sp³-hybridized carbons (Fsp3) is 0.692. The molecule has 110 valence electrons. The zero-order valence-corrected chi connectivity index (χ0v) is 13.0. The average molecular weight is 289 g/mol. The molecule has 6 heteroatoms. The maximum Gasteiger partial charge on any atom is 0.246 e. The van der Waals surface area contributed by atoms with Gasteiger partial charge < -0.3 is 9.52 Å². The third kappa shape index (κ3) is 3.01. The highest BCUT2D eigenvalue weighted by molar-refractivity contribution is 7.89. The van der Waals surface area contributed by atoms with E-state index in [9.17, 15) is 13.5 Å². The molecule has 0 bridgehead atoms. The number of aliphatic hydroxyl groups is 1. The van der Waals surface area contributed by atoms with Crippen molar-refractivity contribution in [3.63, 3.8) is 0 Å². The number of aryl methyl sites for hydroxylation is 2. The summed E-state index contributed by atoms with van der Waals surface area (Å²) in [5.41, 5.74) is 0.355. The van der Waals surface area contributed by atoms with Crippen LogP contribution in [0, 0.1) is 13.8 Å². The van der Waals surface area contributed by atoms with E-state index >= 15 is 0 Å². The van der Waals surface area contributed by atoms with E-state index in [1.165, 1.54) is 4.31 Å². The molecule has 0 aliphatic rings. The Bertz CT molecular complexity index is 533. The van der Waals surface area contributed by atoms with Crippen LogP contribution in [-0.2, 0) is 16.6 Å². The van der Waals surface area contributed by atoms with Gasteiger partial charge in [0.05, 0.1) is 6.61 Å². The van der Waals surface area contributed by atoms with Crippen LogP contribution in [0.4, 0.5) is 0 Å². The number of hydrogen-bond acceptors (Lipinski definition) is 4. The Kier molecular flexibility index (Phi) is 5.18. The molecule has 0 spiro atoms. The van der Waals surface area contributed by atoms with E-state index in [1.807, 2.05) is 13.8 Å². The van der Waals surface area contributed by atoms with E-state index < -0.39 is 10.0 Å². The lowest BCUT2D eigenvalue weighted by Crippen LogP contribution is -2.35. The quantitative estimate of drug-likeness (QED) is 0.871. The van der Waals surface area contributed by atoms with Crippen LogP contribution in [0.5, 0.6) is 0 Å². The first-order valence-electron chi connectivity index (χ1n) is 6.45. The Morgan fingerprint density at radius 1 is 1.32 bits per heavy atom. The van der Waals surface area contributed by atoms with Gasteiger partial charge in [-0.15, -0.1) is 0 Å². The zero-order chi connectivity index (χ0) is 14.8. The summed E-state index contributed by atoms with van der Waals surface area (Å²) in [7, 11) is -2.07. The van der Waals surface area contributed by atoms with Crippen molar-refractivity contribution in [2.45, 2.75) is 58.1 Å². The molecule has 1 N–H and O–H groups in total. The molecule has 0 saturated carbocycles. The molecule has 1 rings (SSSR count). The SMILES string of the molecule is CCCC(C)N(C)S(=O)(=O)c1c(C)oc(C)c1CO. The highest BCUT2D eigenvalue weighted by Gasteiger charge is 2.32. The Hall–Kier alpha value is -0.850. The van der Waals surface area contributed by atoms with Crippen molar-refractivity contribution in [3.8, 4) is 0 Å². The largest absolute Gasteiger partial charge is 0.465 e. The van der Waals surface area contributed by atoms with Crippen molar-refractivity contribution in [1.29, 1.82) is 0 Å². The molecule has 0 saturated heterocycles. The topological polar surface area (TPSA) is 70.8 Å². The maximum absolute atomic E-state index is 12.6. The summed E-state index contributed by atoms with van der Waals surface area (Å²) in [5.74, 6) is 0.784. The van der Waals surface area contributed by atoms with Crippen LogP contribution in [0.15, 0.2) is 9.31 Å². The molecule has 0 radical (unpaired) electrons. The van der Waals surface area contributed by atoms with Crippen molar-refractivity contribution in [3.05, 3.63) is 17.1 Å². The molecular formula is C13H23NO4S. The zero-order valence-electron chi connectivity index (χ0n) is 12.2. The minimum absolute atomic E-state index is 0.0869. The van der Waals surface area contributed by atoms with Crippen LogP contribution < -0.4 is 0 Å². The normalized spacial score (nSPS) is 14.1. The molecule has 1 aromatic rings. The monoisotopic (exact) mass is 289 g/mol. The Morgan fingerprint density at radius 3 is 2.37 bits per heavy atom. The highest BCUT2D eigenvalue weighted by Crippen LogP contribution is 2.29. The van der Waals surface area contributed by atoms with Gasteiger partial charge in [-0.1, -0.05) is 13.3 Å². The first-order valence-corrected chi connectivity index (χ1v) is 7.89. The minimum Gasteiger partial charge on any atom is -0.465 e. The van der Waals surface area contributed by atoms with Crippen LogP contribution in [0.3, 0.4) is 0 Å². The Labute approximate surface area is 115 Å². The molecule has 0 aromatic carbocycles. The second kappa shape index (κ2) is 6.07. The second-order valence-corrected chi connectivity index (χ2v) is 6.77. The molecule has 0 amide bonds. The van der Waals surface area contributed by atoms with E-state index in [-0.39, 0.29) is 17.5 Å². The van der Waals surface area contributed by atoms with Crippen LogP contribution in [0.25, 0.3) is 0 Å². The van der Waals surface area contributed by atoms with Gasteiger partial charge in [-0.05, 0) is 27.2 Å². The highest BCUT2D eigenvalue weighted by atomic mass is 32.2. The number of rotatable bonds is 6. The van der Waals surface area contributed by atoms with Crippen LogP contribution in [-0.4, -0.2) is 30.9 Å². The number of hydrogen-bond donors (Lipinski definition) is 1. The predicted octanol–water partition coefficient (Wildman–Crippen LogP) is 2.20. The van der Waals surface area contributed by atoms with E-state index in [1.54, 1.807) is 20.9 Å². The number of nitrogens with zero attached hydrogens (tertiary/aromatic N) is 1. The van der Waals surface area contributed by atoms with Gasteiger partial charge in [-0.3, -0.25) is 0 Å². The lowest BCUT2D eigenvalue weighted by atomic mass is 10.2. The molecular weight excluding hydrogens is 266 g/mol. The number of furan rings is 1. The molecule has 0 aliphatic carbocycles. The summed E-state index contributed by atoms with van der Waals surface area (Å²) in [6.07, 6.45) is 1.71. The molecule has 1 atom stereocenters. The molecule has 1 aromatic heterocycles. The van der Waals surface area contributed by atoms with Crippen LogP contribution in [0.2, 0.25) is 0 Å². The van der Waals surface area contributed by atoms with Crippen molar-refractivity contribution in [1.82, 2.24) is 4.31 Å². The summed E-state index contributed by atoms with van der Waals surface area (Å²) in [6, 6.07) is -0.0869. The fourth-order valence-corrected chi connectivity index (χ4v) is 4.00. The van der Waals surface area contributed by atoms with Crippen molar-refractivity contribution in [2.75, 3.05) is 7.05 Å². The summed E-state index contributed by atoms with van der Waals surface area (Å²) in [4.78, 5) is 0.109. The second-order valence-electron chi connectivity index (χ2n) is 4.84. The Morgan fingerprint density at radius 2 is 1.89 bits per heavy atom. The van der Waals surface area contributed by atoms with Crippen molar-refractivity contribution < 1.29 is 17.9 Å². The molecule has 5 nitrogen and oxygen atoms in total. The van der Waals surface area contributed by atoms with Gasteiger partial charge in [0.25, 0.3) is 0 Å². The molecule has 0 fully saturated rings. The molecule has 1 unspecified atom stereocenters. The van der Waals surface area contributed by atoms with E-state index in [2.05, 4.69) is 0 Å². The van der Waals surface area contributed by atoms with E-state index in [0.717, 1.165) is 12.8 Å². The van der Waals surface area contributed by atoms with Gasteiger partial charge in [-0.25, -0.2) is 8.42 Å². The summed E-state index contributed by atoms with van der Waals surface area (Å²) in [5, 5.41) is 9.36. The van der Waals surface area contributed by atoms with Crippen LogP contribution >= 0.6 is 0 Å². The summed E-state index contributed by atoms with van der Waals surface area (Å²) in [6.45, 7) is 6.82. The van der Waals surface area contributed by atoms with Gasteiger partial charge in [0.15, 0.2) is 0 Å². The third-order valence-electron chi connectivity index (χ3n) is 3.45. The molecule has 19 heavy (non-hydrogen) atoms. The number of sulfonamides is 1. The maximum atomic E-state index is 12.6. The minimum atomic E-state index is -3.63. The van der Waals surface area contributed by atoms with Gasteiger partial charge >= 0.3 is 0 Å².